The van der Waals surface area contributed by atoms with Crippen LogP contribution in [0.5, 0.6) is 0 Å². The molecule has 3 aliphatic carbocycles. The van der Waals surface area contributed by atoms with Crippen molar-refractivity contribution in [1.29, 1.82) is 0 Å². The maximum absolute atomic E-state index is 12.0. The van der Waals surface area contributed by atoms with E-state index in [-0.39, 0.29) is 0 Å². The third kappa shape index (κ3) is 3.40. The van der Waals surface area contributed by atoms with Crippen molar-refractivity contribution in [3.05, 3.63) is 11.6 Å². The Balaban J connectivity index is 1.34. The summed E-state index contributed by atoms with van der Waals surface area (Å²) in [4.78, 5) is 12.0. The number of amides is 1. The molecule has 0 unspecified atom stereocenters. The number of nitrogens with one attached hydrogen (secondary N) is 1. The summed E-state index contributed by atoms with van der Waals surface area (Å²) >= 11 is 0. The second-order valence-electron chi connectivity index (χ2n) is 6.85. The van der Waals surface area contributed by atoms with Gasteiger partial charge in [0.2, 0.25) is 5.91 Å². The van der Waals surface area contributed by atoms with Gasteiger partial charge in [0.15, 0.2) is 0 Å². The molecule has 106 valence electrons. The van der Waals surface area contributed by atoms with Crippen molar-refractivity contribution in [2.75, 3.05) is 6.54 Å². The fourth-order valence-corrected chi connectivity index (χ4v) is 4.43. The first-order valence-corrected chi connectivity index (χ1v) is 8.26. The number of hydrogen-bond donors (Lipinski definition) is 1. The molecular formula is C17H27NO. The van der Waals surface area contributed by atoms with E-state index in [2.05, 4.69) is 11.4 Å². The molecule has 3 aliphatic rings. The third-order valence-electron chi connectivity index (χ3n) is 5.49. The Morgan fingerprint density at radius 1 is 1.26 bits per heavy atom. The molecule has 2 fully saturated rings. The lowest BCUT2D eigenvalue weighted by molar-refractivity contribution is -0.122. The van der Waals surface area contributed by atoms with Gasteiger partial charge in [-0.3, -0.25) is 4.79 Å². The van der Waals surface area contributed by atoms with Gasteiger partial charge in [-0.1, -0.05) is 18.1 Å². The molecule has 19 heavy (non-hydrogen) atoms. The third-order valence-corrected chi connectivity index (χ3v) is 5.49. The van der Waals surface area contributed by atoms with Crippen LogP contribution in [0, 0.1) is 17.8 Å². The first kappa shape index (κ1) is 13.2. The standard InChI is InChI=1S/C17H27NO/c19-17(12-16-11-14-6-7-15(16)10-14)18-9-8-13-4-2-1-3-5-13/h4,14-16H,1-3,5-12H2,(H,18,19)/t14-,15-,16-/m1/s1. The second-order valence-corrected chi connectivity index (χ2v) is 6.85. The maximum Gasteiger partial charge on any atom is 0.220 e. The van der Waals surface area contributed by atoms with Crippen LogP contribution in [-0.4, -0.2) is 12.5 Å². The molecule has 0 aliphatic heterocycles. The van der Waals surface area contributed by atoms with E-state index >= 15 is 0 Å². The van der Waals surface area contributed by atoms with Gasteiger partial charge in [0.25, 0.3) is 0 Å². The molecule has 0 aromatic rings. The molecule has 3 atom stereocenters. The lowest BCUT2D eigenvalue weighted by atomic mass is 9.86. The largest absolute Gasteiger partial charge is 0.356 e. The monoisotopic (exact) mass is 261 g/mol. The van der Waals surface area contributed by atoms with E-state index in [4.69, 9.17) is 0 Å². The average Bonchev–Trinajstić information content (AvgIpc) is 3.02. The van der Waals surface area contributed by atoms with E-state index in [1.807, 2.05) is 0 Å². The summed E-state index contributed by atoms with van der Waals surface area (Å²) in [6.45, 7) is 0.853. The fourth-order valence-electron chi connectivity index (χ4n) is 4.43. The van der Waals surface area contributed by atoms with Gasteiger partial charge in [0.05, 0.1) is 0 Å². The van der Waals surface area contributed by atoms with Crippen LogP contribution in [-0.2, 0) is 4.79 Å². The Hall–Kier alpha value is -0.790. The lowest BCUT2D eigenvalue weighted by Gasteiger charge is -2.21. The molecule has 2 nitrogen and oxygen atoms in total. The molecule has 0 radical (unpaired) electrons. The van der Waals surface area contributed by atoms with Crippen LogP contribution in [0.15, 0.2) is 11.6 Å². The Morgan fingerprint density at radius 3 is 2.89 bits per heavy atom. The first-order valence-electron chi connectivity index (χ1n) is 8.26. The van der Waals surface area contributed by atoms with Crippen molar-refractivity contribution in [1.82, 2.24) is 5.32 Å². The molecule has 2 heteroatoms. The minimum Gasteiger partial charge on any atom is -0.356 e. The van der Waals surface area contributed by atoms with E-state index in [0.717, 1.165) is 31.2 Å². The summed E-state index contributed by atoms with van der Waals surface area (Å²) in [6.07, 6.45) is 15.0. The quantitative estimate of drug-likeness (QED) is 0.749. The van der Waals surface area contributed by atoms with E-state index < -0.39 is 0 Å². The molecule has 0 aromatic carbocycles. The smallest absolute Gasteiger partial charge is 0.220 e. The normalized spacial score (nSPS) is 33.3. The van der Waals surface area contributed by atoms with Crippen LogP contribution in [0.25, 0.3) is 0 Å². The minimum atomic E-state index is 0.300. The van der Waals surface area contributed by atoms with Crippen LogP contribution >= 0.6 is 0 Å². The highest BCUT2D eigenvalue weighted by atomic mass is 16.1. The average molecular weight is 261 g/mol. The van der Waals surface area contributed by atoms with Crippen molar-refractivity contribution in [2.24, 2.45) is 17.8 Å². The molecule has 0 saturated heterocycles. The summed E-state index contributed by atoms with van der Waals surface area (Å²) in [6, 6.07) is 0. The predicted octanol–water partition coefficient (Wildman–Crippen LogP) is 3.82. The van der Waals surface area contributed by atoms with E-state index in [9.17, 15) is 4.79 Å². The molecule has 0 aromatic heterocycles. The van der Waals surface area contributed by atoms with Crippen LogP contribution in [0.3, 0.4) is 0 Å². The van der Waals surface area contributed by atoms with Crippen molar-refractivity contribution in [2.45, 2.75) is 64.2 Å². The van der Waals surface area contributed by atoms with E-state index in [1.165, 1.54) is 51.4 Å². The molecule has 2 saturated carbocycles. The molecule has 1 amide bonds. The Labute approximate surface area is 117 Å². The topological polar surface area (TPSA) is 29.1 Å². The van der Waals surface area contributed by atoms with Crippen LogP contribution in [0.1, 0.15) is 64.2 Å². The fraction of sp³-hybridized carbons (Fsp3) is 0.824. The van der Waals surface area contributed by atoms with Gasteiger partial charge in [-0.15, -0.1) is 0 Å². The second kappa shape index (κ2) is 6.11. The Morgan fingerprint density at radius 2 is 2.21 bits per heavy atom. The number of hydrogen-bond acceptors (Lipinski definition) is 1. The van der Waals surface area contributed by atoms with Crippen LogP contribution in [0.2, 0.25) is 0 Å². The highest BCUT2D eigenvalue weighted by Gasteiger charge is 2.39. The van der Waals surface area contributed by atoms with Crippen molar-refractivity contribution in [3.8, 4) is 0 Å². The molecule has 0 heterocycles. The summed E-state index contributed by atoms with van der Waals surface area (Å²) in [5, 5.41) is 3.14. The number of fused-ring (bicyclic) bond motifs is 2. The molecule has 3 rings (SSSR count). The van der Waals surface area contributed by atoms with Gasteiger partial charge in [0, 0.05) is 13.0 Å². The highest BCUT2D eigenvalue weighted by molar-refractivity contribution is 5.76. The minimum absolute atomic E-state index is 0.300. The van der Waals surface area contributed by atoms with Gasteiger partial charge in [-0.2, -0.15) is 0 Å². The Bertz CT molecular complexity index is 360. The van der Waals surface area contributed by atoms with Gasteiger partial charge >= 0.3 is 0 Å². The van der Waals surface area contributed by atoms with Crippen molar-refractivity contribution < 1.29 is 4.79 Å². The number of carbonyl (C=O) groups excluding carboxylic acids is 1. The van der Waals surface area contributed by atoms with Crippen LogP contribution in [0.4, 0.5) is 0 Å². The van der Waals surface area contributed by atoms with E-state index in [1.54, 1.807) is 5.57 Å². The number of rotatable bonds is 5. The summed E-state index contributed by atoms with van der Waals surface area (Å²) in [7, 11) is 0. The molecule has 2 bridgehead atoms. The highest BCUT2D eigenvalue weighted by Crippen LogP contribution is 2.49. The zero-order valence-electron chi connectivity index (χ0n) is 12.0. The van der Waals surface area contributed by atoms with Crippen LogP contribution < -0.4 is 5.32 Å². The molecular weight excluding hydrogens is 234 g/mol. The van der Waals surface area contributed by atoms with Crippen molar-refractivity contribution in [3.63, 3.8) is 0 Å². The summed E-state index contributed by atoms with van der Waals surface area (Å²) in [5.74, 6) is 2.83. The Kier molecular flexibility index (Phi) is 4.24. The SMILES string of the molecule is O=C(C[C@H]1C[C@@H]2CC[C@@H]1C2)NCCC1=CCCCC1. The predicted molar refractivity (Wildman–Crippen MR) is 77.7 cm³/mol. The molecule has 0 spiro atoms. The lowest BCUT2D eigenvalue weighted by Crippen LogP contribution is -2.28. The summed E-state index contributed by atoms with van der Waals surface area (Å²) < 4.78 is 0. The van der Waals surface area contributed by atoms with Gasteiger partial charge in [-0.05, 0) is 69.1 Å². The maximum atomic E-state index is 12.0. The van der Waals surface area contributed by atoms with Crippen molar-refractivity contribution >= 4 is 5.91 Å². The van der Waals surface area contributed by atoms with Gasteiger partial charge in [0.1, 0.15) is 0 Å². The summed E-state index contributed by atoms with van der Waals surface area (Å²) in [5.41, 5.74) is 1.56. The van der Waals surface area contributed by atoms with Gasteiger partial charge in [-0.25, -0.2) is 0 Å². The molecule has 1 N–H and O–H groups in total. The van der Waals surface area contributed by atoms with E-state index in [0.29, 0.717) is 11.8 Å². The number of allylic oxidation sites excluding steroid dienone is 1. The number of carbonyl (C=O) groups is 1. The zero-order chi connectivity index (χ0) is 13.1. The zero-order valence-corrected chi connectivity index (χ0v) is 12.0. The van der Waals surface area contributed by atoms with Gasteiger partial charge < -0.3 is 5.32 Å². The first-order chi connectivity index (χ1) is 9.31.